The van der Waals surface area contributed by atoms with Crippen molar-refractivity contribution in [2.45, 2.75) is 13.3 Å². The van der Waals surface area contributed by atoms with Crippen LogP contribution in [0.2, 0.25) is 0 Å². The van der Waals surface area contributed by atoms with E-state index in [-0.39, 0.29) is 6.42 Å². The first-order chi connectivity index (χ1) is 7.56. The largest absolute Gasteiger partial charge is 0.481 e. The van der Waals surface area contributed by atoms with Crippen molar-refractivity contribution in [1.29, 1.82) is 0 Å². The molecule has 2 aromatic rings. The molecule has 1 N–H and O–H groups in total. The highest BCUT2D eigenvalue weighted by Gasteiger charge is 2.11. The maximum Gasteiger partial charge on any atom is 0.309 e. The van der Waals surface area contributed by atoms with E-state index in [1.165, 1.54) is 16.2 Å². The maximum absolute atomic E-state index is 10.5. The number of thiazole rings is 1. The topological polar surface area (TPSA) is 50.2 Å². The molecule has 0 fully saturated rings. The molecule has 2 rings (SSSR count). The lowest BCUT2D eigenvalue weighted by Gasteiger charge is -1.88. The van der Waals surface area contributed by atoms with E-state index in [2.05, 4.69) is 20.9 Å². The number of halogens is 1. The van der Waals surface area contributed by atoms with E-state index >= 15 is 0 Å². The molecule has 0 radical (unpaired) electrons. The highest BCUT2D eigenvalue weighted by molar-refractivity contribution is 9.10. The molecule has 0 aromatic carbocycles. The highest BCUT2D eigenvalue weighted by Crippen LogP contribution is 2.35. The molecule has 16 heavy (non-hydrogen) atoms. The standard InChI is InChI=1S/C10H8BrNO2S2/c1-5-7(11)3-8(16-5)10-12-6(4-15-10)2-9(13)14/h3-4H,2H2,1H3,(H,13,14). The third kappa shape index (κ3) is 2.50. The van der Waals surface area contributed by atoms with E-state index < -0.39 is 5.97 Å². The normalized spacial score (nSPS) is 10.6. The fraction of sp³-hybridized carbons (Fsp3) is 0.200. The van der Waals surface area contributed by atoms with Crippen LogP contribution in [0, 0.1) is 6.92 Å². The molecule has 6 heteroatoms. The van der Waals surface area contributed by atoms with Gasteiger partial charge in [-0.3, -0.25) is 4.79 Å². The Morgan fingerprint density at radius 2 is 2.38 bits per heavy atom. The fourth-order valence-corrected chi connectivity index (χ4v) is 3.64. The van der Waals surface area contributed by atoms with E-state index in [0.29, 0.717) is 5.69 Å². The summed E-state index contributed by atoms with van der Waals surface area (Å²) in [5.74, 6) is -0.847. The van der Waals surface area contributed by atoms with Crippen molar-refractivity contribution in [2.75, 3.05) is 0 Å². The number of aromatic nitrogens is 1. The van der Waals surface area contributed by atoms with E-state index in [9.17, 15) is 4.79 Å². The molecule has 84 valence electrons. The minimum absolute atomic E-state index is 0.0119. The first-order valence-electron chi connectivity index (χ1n) is 4.49. The van der Waals surface area contributed by atoms with Crippen molar-refractivity contribution in [3.8, 4) is 9.88 Å². The van der Waals surface area contributed by atoms with Gasteiger partial charge in [-0.25, -0.2) is 4.98 Å². The minimum Gasteiger partial charge on any atom is -0.481 e. The van der Waals surface area contributed by atoms with Crippen LogP contribution in [0.25, 0.3) is 9.88 Å². The lowest BCUT2D eigenvalue weighted by atomic mass is 10.3. The molecule has 0 bridgehead atoms. The average Bonchev–Trinajstić information content (AvgIpc) is 2.74. The van der Waals surface area contributed by atoms with Gasteiger partial charge in [-0.2, -0.15) is 0 Å². The summed E-state index contributed by atoms with van der Waals surface area (Å²) in [7, 11) is 0. The molecule has 0 unspecified atom stereocenters. The second-order valence-electron chi connectivity index (χ2n) is 3.23. The van der Waals surface area contributed by atoms with Gasteiger partial charge in [0.05, 0.1) is 17.0 Å². The molecule has 0 amide bonds. The number of thiophene rings is 1. The number of carbonyl (C=O) groups is 1. The lowest BCUT2D eigenvalue weighted by molar-refractivity contribution is -0.136. The predicted octanol–water partition coefficient (Wildman–Crippen LogP) is 3.57. The lowest BCUT2D eigenvalue weighted by Crippen LogP contribution is -1.99. The summed E-state index contributed by atoms with van der Waals surface area (Å²) < 4.78 is 1.07. The van der Waals surface area contributed by atoms with Crippen LogP contribution in [0.15, 0.2) is 15.9 Å². The maximum atomic E-state index is 10.5. The van der Waals surface area contributed by atoms with Gasteiger partial charge in [0.15, 0.2) is 0 Å². The van der Waals surface area contributed by atoms with Crippen LogP contribution in [0.3, 0.4) is 0 Å². The summed E-state index contributed by atoms with van der Waals surface area (Å²) in [5.41, 5.74) is 0.620. The summed E-state index contributed by atoms with van der Waals surface area (Å²) >= 11 is 6.59. The quantitative estimate of drug-likeness (QED) is 0.941. The Kier molecular flexibility index (Phi) is 3.41. The van der Waals surface area contributed by atoms with Crippen molar-refractivity contribution in [1.82, 2.24) is 4.98 Å². The van der Waals surface area contributed by atoms with E-state index in [0.717, 1.165) is 14.4 Å². The molecule has 2 aromatic heterocycles. The van der Waals surface area contributed by atoms with Crippen LogP contribution in [-0.4, -0.2) is 16.1 Å². The number of carboxylic acids is 1. The molecular formula is C10H8BrNO2S2. The summed E-state index contributed by atoms with van der Waals surface area (Å²) in [5, 5.41) is 11.3. The second kappa shape index (κ2) is 4.65. The summed E-state index contributed by atoms with van der Waals surface area (Å²) in [6, 6.07) is 2.02. The smallest absolute Gasteiger partial charge is 0.309 e. The van der Waals surface area contributed by atoms with Gasteiger partial charge in [0.1, 0.15) is 5.01 Å². The van der Waals surface area contributed by atoms with Crippen LogP contribution < -0.4 is 0 Å². The van der Waals surface area contributed by atoms with Gasteiger partial charge in [0, 0.05) is 14.7 Å². The first kappa shape index (κ1) is 11.8. The zero-order valence-electron chi connectivity index (χ0n) is 8.36. The summed E-state index contributed by atoms with van der Waals surface area (Å²) in [6.45, 7) is 2.03. The molecule has 0 spiro atoms. The number of carboxylic acid groups (broad SMARTS) is 1. The van der Waals surface area contributed by atoms with Crippen molar-refractivity contribution >= 4 is 44.6 Å². The number of aryl methyl sites for hydroxylation is 1. The van der Waals surface area contributed by atoms with Gasteiger partial charge in [-0.15, -0.1) is 22.7 Å². The van der Waals surface area contributed by atoms with Crippen LogP contribution in [0.1, 0.15) is 10.6 Å². The molecular weight excluding hydrogens is 310 g/mol. The molecule has 0 aliphatic rings. The van der Waals surface area contributed by atoms with E-state index in [4.69, 9.17) is 5.11 Å². The number of rotatable bonds is 3. The Morgan fingerprint density at radius 1 is 1.62 bits per heavy atom. The van der Waals surface area contributed by atoms with E-state index in [1.54, 1.807) is 16.7 Å². The van der Waals surface area contributed by atoms with Crippen molar-refractivity contribution in [3.05, 3.63) is 26.5 Å². The first-order valence-corrected chi connectivity index (χ1v) is 6.97. The monoisotopic (exact) mass is 317 g/mol. The van der Waals surface area contributed by atoms with Gasteiger partial charge in [-0.1, -0.05) is 0 Å². The van der Waals surface area contributed by atoms with Crippen molar-refractivity contribution < 1.29 is 9.90 Å². The number of nitrogens with zero attached hydrogens (tertiary/aromatic N) is 1. The summed E-state index contributed by atoms with van der Waals surface area (Å²) in [4.78, 5) is 17.1. The molecule has 0 atom stereocenters. The molecule has 0 aliphatic heterocycles. The Labute approximate surface area is 109 Å². The van der Waals surface area contributed by atoms with E-state index in [1.807, 2.05) is 13.0 Å². The van der Waals surface area contributed by atoms with Gasteiger partial charge in [-0.05, 0) is 28.9 Å². The molecule has 0 saturated heterocycles. The molecule has 3 nitrogen and oxygen atoms in total. The summed E-state index contributed by atoms with van der Waals surface area (Å²) in [6.07, 6.45) is -0.0119. The second-order valence-corrected chi connectivity index (χ2v) is 6.20. The van der Waals surface area contributed by atoms with Gasteiger partial charge in [0.2, 0.25) is 0 Å². The average molecular weight is 318 g/mol. The third-order valence-electron chi connectivity index (χ3n) is 1.95. The van der Waals surface area contributed by atoms with Crippen LogP contribution in [-0.2, 0) is 11.2 Å². The van der Waals surface area contributed by atoms with Crippen LogP contribution in [0.4, 0.5) is 0 Å². The van der Waals surface area contributed by atoms with Crippen molar-refractivity contribution in [3.63, 3.8) is 0 Å². The zero-order valence-corrected chi connectivity index (χ0v) is 11.6. The van der Waals surface area contributed by atoms with Crippen LogP contribution in [0.5, 0.6) is 0 Å². The van der Waals surface area contributed by atoms with Crippen LogP contribution >= 0.6 is 38.6 Å². The third-order valence-corrected chi connectivity index (χ3v) is 5.15. The molecule has 0 saturated carbocycles. The Morgan fingerprint density at radius 3 is 2.94 bits per heavy atom. The molecule has 0 aliphatic carbocycles. The molecule has 2 heterocycles. The van der Waals surface area contributed by atoms with Gasteiger partial charge < -0.3 is 5.11 Å². The number of hydrogen-bond acceptors (Lipinski definition) is 4. The number of hydrogen-bond donors (Lipinski definition) is 1. The SMILES string of the molecule is Cc1sc(-c2nc(CC(=O)O)cs2)cc1Br. The van der Waals surface area contributed by atoms with Gasteiger partial charge >= 0.3 is 5.97 Å². The fourth-order valence-electron chi connectivity index (χ4n) is 1.22. The Bertz CT molecular complexity index is 513. The van der Waals surface area contributed by atoms with Crippen molar-refractivity contribution in [2.24, 2.45) is 0 Å². The van der Waals surface area contributed by atoms with Gasteiger partial charge in [0.25, 0.3) is 0 Å². The predicted molar refractivity (Wildman–Crippen MR) is 69.2 cm³/mol. The highest BCUT2D eigenvalue weighted by atomic mass is 79.9. The Hall–Kier alpha value is -0.720. The Balaban J connectivity index is 2.27. The minimum atomic E-state index is -0.847. The number of aliphatic carboxylic acids is 1. The zero-order chi connectivity index (χ0) is 11.7.